The van der Waals surface area contributed by atoms with E-state index in [9.17, 15) is 28.3 Å². The summed E-state index contributed by atoms with van der Waals surface area (Å²) in [6, 6.07) is 10.5. The lowest BCUT2D eigenvalue weighted by molar-refractivity contribution is 0.0590. The maximum Gasteiger partial charge on any atom is 0.278 e. The largest absolute Gasteiger partial charge is 0.502 e. The molecule has 2 amide bonds. The van der Waals surface area contributed by atoms with Crippen molar-refractivity contribution in [3.05, 3.63) is 98.5 Å². The second-order valence-corrected chi connectivity index (χ2v) is 8.09. The number of rotatable bonds is 4. The van der Waals surface area contributed by atoms with Crippen LogP contribution >= 0.6 is 0 Å². The average Bonchev–Trinajstić information content (AvgIpc) is 3.20. The van der Waals surface area contributed by atoms with Gasteiger partial charge in [0, 0.05) is 36.5 Å². The van der Waals surface area contributed by atoms with Crippen LogP contribution in [-0.4, -0.2) is 33.0 Å². The predicted octanol–water partition coefficient (Wildman–Crippen LogP) is 2.39. The molecular formula is C24H20F2N4O4. The summed E-state index contributed by atoms with van der Waals surface area (Å²) in [7, 11) is 0. The summed E-state index contributed by atoms with van der Waals surface area (Å²) in [5.74, 6) is -3.82. The summed E-state index contributed by atoms with van der Waals surface area (Å²) in [6.07, 6.45) is 0.754. The zero-order chi connectivity index (χ0) is 24.1. The summed E-state index contributed by atoms with van der Waals surface area (Å²) in [6.45, 7) is 2.24. The SMILES string of the molecule is CCN1C(=O)c2c(O)c(=O)c(C(=O)NCc3ccc(F)cc3F)cn2N2Cc3ccccc3[C@@H]12. The summed E-state index contributed by atoms with van der Waals surface area (Å²) in [4.78, 5) is 40.4. The van der Waals surface area contributed by atoms with E-state index in [0.717, 1.165) is 17.2 Å². The molecule has 2 aliphatic rings. The van der Waals surface area contributed by atoms with Crippen LogP contribution in [0.2, 0.25) is 0 Å². The number of fused-ring (bicyclic) bond motifs is 5. The molecule has 1 atom stereocenters. The number of amides is 2. The van der Waals surface area contributed by atoms with Crippen LogP contribution in [0.4, 0.5) is 8.78 Å². The monoisotopic (exact) mass is 466 g/mol. The second kappa shape index (κ2) is 7.98. The molecule has 5 rings (SSSR count). The van der Waals surface area contributed by atoms with Gasteiger partial charge in [-0.1, -0.05) is 30.3 Å². The van der Waals surface area contributed by atoms with E-state index in [0.29, 0.717) is 19.2 Å². The molecule has 3 heterocycles. The van der Waals surface area contributed by atoms with Gasteiger partial charge in [0.25, 0.3) is 11.8 Å². The lowest BCUT2D eigenvalue weighted by atomic mass is 10.1. The Hall–Kier alpha value is -4.21. The minimum atomic E-state index is -1.01. The van der Waals surface area contributed by atoms with Gasteiger partial charge in [0.15, 0.2) is 11.4 Å². The van der Waals surface area contributed by atoms with Gasteiger partial charge < -0.3 is 15.3 Å². The summed E-state index contributed by atoms with van der Waals surface area (Å²) in [5, 5.41) is 14.9. The molecule has 2 aromatic carbocycles. The molecule has 10 heteroatoms. The van der Waals surface area contributed by atoms with Crippen molar-refractivity contribution in [3.63, 3.8) is 0 Å². The van der Waals surface area contributed by atoms with Crippen LogP contribution in [0.3, 0.4) is 0 Å². The molecule has 0 radical (unpaired) electrons. The van der Waals surface area contributed by atoms with Gasteiger partial charge in [0.1, 0.15) is 23.4 Å². The minimum absolute atomic E-state index is 0.0286. The highest BCUT2D eigenvalue weighted by Gasteiger charge is 2.44. The molecule has 174 valence electrons. The average molecular weight is 466 g/mol. The molecule has 3 aromatic rings. The van der Waals surface area contributed by atoms with Crippen LogP contribution in [0.15, 0.2) is 53.5 Å². The topological polar surface area (TPSA) is 94.9 Å². The highest BCUT2D eigenvalue weighted by atomic mass is 19.1. The van der Waals surface area contributed by atoms with Crippen LogP contribution in [0.1, 0.15) is 50.6 Å². The Morgan fingerprint density at radius 1 is 1.18 bits per heavy atom. The molecule has 0 unspecified atom stereocenters. The van der Waals surface area contributed by atoms with E-state index in [1.54, 1.807) is 16.8 Å². The second-order valence-electron chi connectivity index (χ2n) is 8.09. The zero-order valence-corrected chi connectivity index (χ0v) is 18.1. The highest BCUT2D eigenvalue weighted by molar-refractivity contribution is 5.99. The lowest BCUT2D eigenvalue weighted by Crippen LogP contribution is -2.53. The van der Waals surface area contributed by atoms with E-state index >= 15 is 0 Å². The Labute approximate surface area is 192 Å². The number of aromatic hydroxyl groups is 1. The van der Waals surface area contributed by atoms with Gasteiger partial charge in [-0.2, -0.15) is 0 Å². The predicted molar refractivity (Wildman–Crippen MR) is 118 cm³/mol. The van der Waals surface area contributed by atoms with Gasteiger partial charge in [-0.15, -0.1) is 0 Å². The fraction of sp³-hybridized carbons (Fsp3) is 0.208. The Bertz CT molecular complexity index is 1400. The van der Waals surface area contributed by atoms with Crippen LogP contribution < -0.4 is 15.8 Å². The maximum absolute atomic E-state index is 13.9. The van der Waals surface area contributed by atoms with Gasteiger partial charge in [-0.25, -0.2) is 8.78 Å². The Morgan fingerprint density at radius 3 is 2.68 bits per heavy atom. The molecule has 0 aliphatic carbocycles. The number of hydrogen-bond acceptors (Lipinski definition) is 5. The Kier molecular flexibility index (Phi) is 5.07. The van der Waals surface area contributed by atoms with E-state index in [1.165, 1.54) is 16.9 Å². The van der Waals surface area contributed by atoms with Crippen molar-refractivity contribution in [2.24, 2.45) is 0 Å². The summed E-state index contributed by atoms with van der Waals surface area (Å²) < 4.78 is 28.4. The fourth-order valence-electron chi connectivity index (χ4n) is 4.53. The summed E-state index contributed by atoms with van der Waals surface area (Å²) >= 11 is 0. The Morgan fingerprint density at radius 2 is 1.94 bits per heavy atom. The van der Waals surface area contributed by atoms with E-state index in [2.05, 4.69) is 5.32 Å². The molecule has 2 N–H and O–H groups in total. The number of benzene rings is 2. The van der Waals surface area contributed by atoms with Crippen LogP contribution in [0, 0.1) is 11.6 Å². The number of aromatic nitrogens is 1. The number of pyridine rings is 1. The van der Waals surface area contributed by atoms with Gasteiger partial charge in [-0.3, -0.25) is 24.1 Å². The van der Waals surface area contributed by atoms with E-state index in [4.69, 9.17) is 0 Å². The van der Waals surface area contributed by atoms with E-state index < -0.39 is 46.4 Å². The number of halogens is 2. The van der Waals surface area contributed by atoms with Crippen LogP contribution in [-0.2, 0) is 13.1 Å². The molecule has 0 spiro atoms. The van der Waals surface area contributed by atoms with Crippen molar-refractivity contribution in [3.8, 4) is 5.75 Å². The van der Waals surface area contributed by atoms with Crippen molar-refractivity contribution < 1.29 is 23.5 Å². The molecule has 1 aromatic heterocycles. The van der Waals surface area contributed by atoms with E-state index in [-0.39, 0.29) is 17.8 Å². The first-order valence-electron chi connectivity index (χ1n) is 10.7. The first-order chi connectivity index (χ1) is 16.3. The first kappa shape index (κ1) is 21.6. The standard InChI is InChI=1S/C24H20F2N4O4/c1-2-28-23-16-6-4-3-5-14(16)11-30(23)29-12-17(20(31)21(32)19(29)24(28)34)22(33)27-10-13-7-8-15(25)9-18(13)26/h3-9,12,23,32H,2,10-11H2,1H3,(H,27,33)/t23-/m0/s1. The molecule has 34 heavy (non-hydrogen) atoms. The Balaban J connectivity index is 1.54. The van der Waals surface area contributed by atoms with Crippen molar-refractivity contribution >= 4 is 11.8 Å². The fourth-order valence-corrected chi connectivity index (χ4v) is 4.53. The molecule has 0 fully saturated rings. The molecule has 0 saturated carbocycles. The molecule has 0 saturated heterocycles. The molecule has 2 aliphatic heterocycles. The molecule has 0 bridgehead atoms. The normalized spacial score (nSPS) is 16.2. The number of nitrogens with zero attached hydrogens (tertiary/aromatic N) is 3. The number of hydrogen-bond donors (Lipinski definition) is 2. The molecular weight excluding hydrogens is 446 g/mol. The third-order valence-corrected chi connectivity index (χ3v) is 6.19. The first-order valence-corrected chi connectivity index (χ1v) is 10.7. The quantitative estimate of drug-likeness (QED) is 0.616. The number of carbonyl (C=O) groups excluding carboxylic acids is 2. The minimum Gasteiger partial charge on any atom is -0.502 e. The smallest absolute Gasteiger partial charge is 0.278 e. The van der Waals surface area contributed by atoms with Gasteiger partial charge in [0.2, 0.25) is 5.43 Å². The van der Waals surface area contributed by atoms with Crippen LogP contribution in [0.25, 0.3) is 0 Å². The van der Waals surface area contributed by atoms with Gasteiger partial charge in [-0.05, 0) is 18.6 Å². The van der Waals surface area contributed by atoms with Gasteiger partial charge in [0.05, 0.1) is 6.54 Å². The van der Waals surface area contributed by atoms with Crippen molar-refractivity contribution in [1.82, 2.24) is 14.9 Å². The van der Waals surface area contributed by atoms with Gasteiger partial charge >= 0.3 is 0 Å². The molecule has 8 nitrogen and oxygen atoms in total. The van der Waals surface area contributed by atoms with Crippen molar-refractivity contribution in [2.45, 2.75) is 26.2 Å². The highest BCUT2D eigenvalue weighted by Crippen LogP contribution is 2.40. The van der Waals surface area contributed by atoms with Crippen molar-refractivity contribution in [1.29, 1.82) is 0 Å². The third-order valence-electron chi connectivity index (χ3n) is 6.19. The van der Waals surface area contributed by atoms with E-state index in [1.807, 2.05) is 24.3 Å². The maximum atomic E-state index is 13.9. The number of carbonyl (C=O) groups is 2. The zero-order valence-electron chi connectivity index (χ0n) is 18.1. The number of nitrogens with one attached hydrogen (secondary N) is 1. The third kappa shape index (κ3) is 3.21. The van der Waals surface area contributed by atoms with Crippen molar-refractivity contribution in [2.75, 3.05) is 11.6 Å². The summed E-state index contributed by atoms with van der Waals surface area (Å²) in [5.41, 5.74) is 0.277. The lowest BCUT2D eigenvalue weighted by Gasteiger charge is -2.43. The van der Waals surface area contributed by atoms with Crippen LogP contribution in [0.5, 0.6) is 5.75 Å².